The van der Waals surface area contributed by atoms with E-state index in [-0.39, 0.29) is 12.5 Å². The van der Waals surface area contributed by atoms with Crippen LogP contribution in [0, 0.1) is 0 Å². The number of carbonyl (C=O) groups excluding carboxylic acids is 1. The Hall–Kier alpha value is -1.72. The maximum Gasteiger partial charge on any atom is 0.262 e. The van der Waals surface area contributed by atoms with Gasteiger partial charge < -0.3 is 15.4 Å². The number of hydrogen-bond acceptors (Lipinski definition) is 3. The molecule has 1 aliphatic heterocycles. The van der Waals surface area contributed by atoms with Gasteiger partial charge in [0.15, 0.2) is 6.61 Å². The van der Waals surface area contributed by atoms with Crippen LogP contribution in [0.2, 0.25) is 5.02 Å². The minimum Gasteiger partial charge on any atom is -0.482 e. The quantitative estimate of drug-likeness (QED) is 0.860. The molecule has 0 fully saturated rings. The van der Waals surface area contributed by atoms with Crippen LogP contribution in [0.3, 0.4) is 0 Å². The Morgan fingerprint density at radius 2 is 2.14 bits per heavy atom. The second-order valence-corrected chi connectivity index (χ2v) is 5.94. The van der Waals surface area contributed by atoms with Gasteiger partial charge >= 0.3 is 0 Å². The molecule has 2 aromatic carbocycles. The lowest BCUT2D eigenvalue weighted by atomic mass is 10.1. The van der Waals surface area contributed by atoms with E-state index in [9.17, 15) is 4.79 Å². The van der Waals surface area contributed by atoms with Gasteiger partial charge in [-0.25, -0.2) is 0 Å². The van der Waals surface area contributed by atoms with Crippen molar-refractivity contribution in [1.29, 1.82) is 0 Å². The summed E-state index contributed by atoms with van der Waals surface area (Å²) in [6.07, 6.45) is 0. The number of anilines is 2. The predicted octanol–water partition coefficient (Wildman–Crippen LogP) is 4.05. The highest BCUT2D eigenvalue weighted by Crippen LogP contribution is 2.30. The molecule has 0 bridgehead atoms. The van der Waals surface area contributed by atoms with E-state index in [0.717, 1.165) is 15.7 Å². The van der Waals surface area contributed by atoms with Crippen molar-refractivity contribution < 1.29 is 9.53 Å². The topological polar surface area (TPSA) is 50.4 Å². The molecule has 1 aliphatic rings. The average molecular weight is 368 g/mol. The van der Waals surface area contributed by atoms with Crippen molar-refractivity contribution in [1.82, 2.24) is 0 Å². The van der Waals surface area contributed by atoms with E-state index < -0.39 is 0 Å². The Bertz CT molecular complexity index is 706. The second-order valence-electron chi connectivity index (χ2n) is 4.65. The molecule has 0 saturated heterocycles. The van der Waals surface area contributed by atoms with Crippen molar-refractivity contribution in [2.45, 2.75) is 6.54 Å². The third-order valence-electron chi connectivity index (χ3n) is 3.09. The van der Waals surface area contributed by atoms with Gasteiger partial charge in [0.25, 0.3) is 5.91 Å². The van der Waals surface area contributed by atoms with Gasteiger partial charge in [-0.05, 0) is 51.8 Å². The number of fused-ring (bicyclic) bond motifs is 1. The number of hydrogen-bond donors (Lipinski definition) is 2. The summed E-state index contributed by atoms with van der Waals surface area (Å²) in [4.78, 5) is 11.3. The fourth-order valence-electron chi connectivity index (χ4n) is 2.07. The summed E-state index contributed by atoms with van der Waals surface area (Å²) in [5.41, 5.74) is 2.66. The minimum absolute atomic E-state index is 0.0695. The summed E-state index contributed by atoms with van der Waals surface area (Å²) in [6, 6.07) is 11.3. The van der Waals surface area contributed by atoms with E-state index in [1.54, 1.807) is 0 Å². The highest BCUT2D eigenvalue weighted by atomic mass is 79.9. The molecule has 1 amide bonds. The first-order valence-electron chi connectivity index (χ1n) is 6.36. The largest absolute Gasteiger partial charge is 0.482 e. The molecule has 2 aromatic rings. The van der Waals surface area contributed by atoms with Crippen LogP contribution in [0.15, 0.2) is 40.9 Å². The molecule has 4 nitrogen and oxygen atoms in total. The lowest BCUT2D eigenvalue weighted by molar-refractivity contribution is -0.118. The van der Waals surface area contributed by atoms with Crippen LogP contribution in [0.5, 0.6) is 5.75 Å². The molecule has 0 radical (unpaired) electrons. The predicted molar refractivity (Wildman–Crippen MR) is 87.0 cm³/mol. The zero-order chi connectivity index (χ0) is 14.8. The van der Waals surface area contributed by atoms with E-state index in [2.05, 4.69) is 26.6 Å². The fourth-order valence-corrected chi connectivity index (χ4v) is 2.63. The zero-order valence-corrected chi connectivity index (χ0v) is 13.3. The Morgan fingerprint density at radius 1 is 1.29 bits per heavy atom. The minimum atomic E-state index is -0.134. The van der Waals surface area contributed by atoms with Gasteiger partial charge in [-0.1, -0.05) is 17.7 Å². The molecule has 1 heterocycles. The van der Waals surface area contributed by atoms with Crippen LogP contribution in [-0.4, -0.2) is 12.5 Å². The monoisotopic (exact) mass is 366 g/mol. The van der Waals surface area contributed by atoms with Crippen molar-refractivity contribution in [3.05, 3.63) is 51.5 Å². The molecule has 0 aliphatic carbocycles. The van der Waals surface area contributed by atoms with Crippen molar-refractivity contribution in [3.63, 3.8) is 0 Å². The smallest absolute Gasteiger partial charge is 0.262 e. The van der Waals surface area contributed by atoms with Crippen LogP contribution in [0.25, 0.3) is 0 Å². The number of halogens is 2. The van der Waals surface area contributed by atoms with E-state index in [0.29, 0.717) is 23.0 Å². The van der Waals surface area contributed by atoms with Crippen LogP contribution in [0.1, 0.15) is 5.56 Å². The van der Waals surface area contributed by atoms with Gasteiger partial charge in [0.2, 0.25) is 0 Å². The lowest BCUT2D eigenvalue weighted by Gasteiger charge is -2.18. The maximum atomic E-state index is 11.3. The number of amides is 1. The number of ether oxygens (including phenoxy) is 1. The Labute approximate surface area is 135 Å². The van der Waals surface area contributed by atoms with Crippen molar-refractivity contribution in [3.8, 4) is 5.75 Å². The Balaban J connectivity index is 1.75. The van der Waals surface area contributed by atoms with Crippen LogP contribution < -0.4 is 15.4 Å². The summed E-state index contributed by atoms with van der Waals surface area (Å²) >= 11 is 9.46. The molecular formula is C15H12BrClN2O2. The molecule has 3 rings (SSSR count). The van der Waals surface area contributed by atoms with Crippen LogP contribution in [-0.2, 0) is 11.3 Å². The molecular weight excluding hydrogens is 356 g/mol. The molecule has 6 heteroatoms. The summed E-state index contributed by atoms with van der Waals surface area (Å²) < 4.78 is 6.28. The molecule has 108 valence electrons. The van der Waals surface area contributed by atoms with Gasteiger partial charge in [0, 0.05) is 16.0 Å². The van der Waals surface area contributed by atoms with E-state index in [1.165, 1.54) is 0 Å². The normalized spacial score (nSPS) is 13.1. The van der Waals surface area contributed by atoms with Crippen molar-refractivity contribution in [2.24, 2.45) is 0 Å². The molecule has 0 unspecified atom stereocenters. The summed E-state index contributed by atoms with van der Waals surface area (Å²) in [7, 11) is 0. The van der Waals surface area contributed by atoms with Gasteiger partial charge in [-0.15, -0.1) is 0 Å². The Kier molecular flexibility index (Phi) is 4.03. The third kappa shape index (κ3) is 3.31. The van der Waals surface area contributed by atoms with Crippen LogP contribution >= 0.6 is 27.5 Å². The lowest BCUT2D eigenvalue weighted by Crippen LogP contribution is -2.25. The first-order valence-corrected chi connectivity index (χ1v) is 7.53. The first-order chi connectivity index (χ1) is 10.1. The SMILES string of the molecule is O=C1COc2ccc(CNc3cc(Cl)ccc3Br)cc2N1. The highest BCUT2D eigenvalue weighted by Gasteiger charge is 2.15. The second kappa shape index (κ2) is 5.95. The zero-order valence-electron chi connectivity index (χ0n) is 11.0. The van der Waals surface area contributed by atoms with Gasteiger partial charge in [-0.3, -0.25) is 4.79 Å². The molecule has 0 saturated carbocycles. The van der Waals surface area contributed by atoms with Crippen LogP contribution in [0.4, 0.5) is 11.4 Å². The summed E-state index contributed by atoms with van der Waals surface area (Å²) in [5, 5.41) is 6.77. The maximum absolute atomic E-state index is 11.3. The number of carbonyl (C=O) groups is 1. The van der Waals surface area contributed by atoms with Gasteiger partial charge in [0.1, 0.15) is 5.75 Å². The summed E-state index contributed by atoms with van der Waals surface area (Å²) in [5.74, 6) is 0.562. The first kappa shape index (κ1) is 14.2. The molecule has 2 N–H and O–H groups in total. The van der Waals surface area contributed by atoms with E-state index in [4.69, 9.17) is 16.3 Å². The Morgan fingerprint density at radius 3 is 3.00 bits per heavy atom. The molecule has 0 aromatic heterocycles. The van der Waals surface area contributed by atoms with Crippen molar-refractivity contribution in [2.75, 3.05) is 17.2 Å². The standard InChI is InChI=1S/C15H12BrClN2O2/c16-11-3-2-10(17)6-12(11)18-7-9-1-4-14-13(5-9)19-15(20)8-21-14/h1-6,18H,7-8H2,(H,19,20). The third-order valence-corrected chi connectivity index (χ3v) is 4.01. The van der Waals surface area contributed by atoms with Gasteiger partial charge in [-0.2, -0.15) is 0 Å². The number of benzene rings is 2. The highest BCUT2D eigenvalue weighted by molar-refractivity contribution is 9.10. The number of rotatable bonds is 3. The average Bonchev–Trinajstić information content (AvgIpc) is 2.47. The number of nitrogens with one attached hydrogen (secondary N) is 2. The van der Waals surface area contributed by atoms with E-state index in [1.807, 2.05) is 36.4 Å². The van der Waals surface area contributed by atoms with Gasteiger partial charge in [0.05, 0.1) is 11.4 Å². The molecule has 0 spiro atoms. The molecule has 21 heavy (non-hydrogen) atoms. The summed E-state index contributed by atoms with van der Waals surface area (Å²) in [6.45, 7) is 0.683. The van der Waals surface area contributed by atoms with E-state index >= 15 is 0 Å². The fraction of sp³-hybridized carbons (Fsp3) is 0.133. The van der Waals surface area contributed by atoms with Crippen molar-refractivity contribution >= 4 is 44.8 Å². The molecule has 0 atom stereocenters.